The summed E-state index contributed by atoms with van der Waals surface area (Å²) in [5.41, 5.74) is 4.21. The molecular formula is C21H21N3O2S. The third-order valence-corrected chi connectivity index (χ3v) is 5.83. The molecule has 2 heterocycles. The lowest BCUT2D eigenvalue weighted by atomic mass is 10.0. The lowest BCUT2D eigenvalue weighted by Crippen LogP contribution is -2.33. The zero-order chi connectivity index (χ0) is 18.8. The van der Waals surface area contributed by atoms with Gasteiger partial charge >= 0.3 is 6.03 Å². The van der Waals surface area contributed by atoms with Crippen molar-refractivity contribution in [2.45, 2.75) is 6.54 Å². The first-order valence-electron chi connectivity index (χ1n) is 8.82. The lowest BCUT2D eigenvalue weighted by Gasteiger charge is -2.18. The number of benzene rings is 2. The van der Waals surface area contributed by atoms with Gasteiger partial charge in [0.25, 0.3) is 0 Å². The Bertz CT molecular complexity index is 992. The minimum Gasteiger partial charge on any atom is -0.383 e. The van der Waals surface area contributed by atoms with Crippen molar-refractivity contribution in [1.82, 2.24) is 4.90 Å². The summed E-state index contributed by atoms with van der Waals surface area (Å²) in [5, 5.41) is 4.23. The minimum atomic E-state index is -0.149. The maximum atomic E-state index is 12.4. The summed E-state index contributed by atoms with van der Waals surface area (Å²) in [6.45, 7) is 1.73. The number of fused-ring (bicyclic) bond motifs is 2. The monoisotopic (exact) mass is 379 g/mol. The summed E-state index contributed by atoms with van der Waals surface area (Å²) in [7, 11) is 3.39. The largest absolute Gasteiger partial charge is 0.383 e. The molecule has 0 saturated heterocycles. The Labute approximate surface area is 162 Å². The van der Waals surface area contributed by atoms with Crippen molar-refractivity contribution >= 4 is 39.4 Å². The molecule has 1 aliphatic rings. The molecule has 27 heavy (non-hydrogen) atoms. The number of urea groups is 1. The van der Waals surface area contributed by atoms with Gasteiger partial charge in [0.1, 0.15) is 0 Å². The molecule has 0 aliphatic carbocycles. The van der Waals surface area contributed by atoms with Gasteiger partial charge in [0.05, 0.1) is 13.2 Å². The number of hydrogen-bond donors (Lipinski definition) is 1. The SMILES string of the molecule is COCCN(C)C(=O)Nc1cc2c(c(-c3cc4ccccc4s3)c1)CN=C2. The first kappa shape index (κ1) is 17.7. The van der Waals surface area contributed by atoms with E-state index >= 15 is 0 Å². The van der Waals surface area contributed by atoms with E-state index in [0.29, 0.717) is 19.7 Å². The average Bonchev–Trinajstić information content (AvgIpc) is 3.31. The highest BCUT2D eigenvalue weighted by molar-refractivity contribution is 7.22. The molecule has 3 aromatic rings. The predicted octanol–water partition coefficient (Wildman–Crippen LogP) is 4.61. The number of anilines is 1. The van der Waals surface area contributed by atoms with Crippen LogP contribution in [0.25, 0.3) is 20.5 Å². The Morgan fingerprint density at radius 2 is 2.15 bits per heavy atom. The fraction of sp³-hybridized carbons (Fsp3) is 0.238. The standard InChI is InChI=1S/C21H21N3O2S/c1-24(7-8-26-2)21(25)23-16-9-15-12-22-13-18(15)17(11-16)20-10-14-5-3-4-6-19(14)27-20/h3-6,9-12H,7-8,13H2,1-2H3,(H,23,25). The molecule has 2 amide bonds. The normalized spacial score (nSPS) is 12.4. The molecule has 0 saturated carbocycles. The number of hydrogen-bond acceptors (Lipinski definition) is 4. The van der Waals surface area contributed by atoms with Crippen molar-refractivity contribution in [2.75, 3.05) is 32.6 Å². The molecule has 1 N–H and O–H groups in total. The van der Waals surface area contributed by atoms with Crippen LogP contribution in [0.3, 0.4) is 0 Å². The number of carbonyl (C=O) groups is 1. The molecule has 0 bridgehead atoms. The number of nitrogens with zero attached hydrogens (tertiary/aromatic N) is 2. The molecule has 138 valence electrons. The lowest BCUT2D eigenvalue weighted by molar-refractivity contribution is 0.165. The fourth-order valence-corrected chi connectivity index (χ4v) is 4.28. The van der Waals surface area contributed by atoms with Gasteiger partial charge < -0.3 is 15.0 Å². The van der Waals surface area contributed by atoms with E-state index in [1.807, 2.05) is 12.3 Å². The number of methoxy groups -OCH3 is 1. The number of rotatable bonds is 5. The second kappa shape index (κ2) is 7.50. The molecule has 0 radical (unpaired) electrons. The highest BCUT2D eigenvalue weighted by Crippen LogP contribution is 2.39. The number of thiophene rings is 1. The van der Waals surface area contributed by atoms with E-state index in [9.17, 15) is 4.79 Å². The van der Waals surface area contributed by atoms with Crippen molar-refractivity contribution in [3.05, 3.63) is 53.6 Å². The van der Waals surface area contributed by atoms with Gasteiger partial charge in [-0.3, -0.25) is 4.99 Å². The quantitative estimate of drug-likeness (QED) is 0.704. The Balaban J connectivity index is 1.67. The molecule has 0 atom stereocenters. The molecule has 1 aromatic heterocycles. The van der Waals surface area contributed by atoms with Gasteiger partial charge in [-0.25, -0.2) is 4.79 Å². The van der Waals surface area contributed by atoms with E-state index in [-0.39, 0.29) is 6.03 Å². The van der Waals surface area contributed by atoms with Gasteiger partial charge in [0.2, 0.25) is 0 Å². The van der Waals surface area contributed by atoms with Gasteiger partial charge in [0, 0.05) is 47.7 Å². The maximum absolute atomic E-state index is 12.4. The summed E-state index contributed by atoms with van der Waals surface area (Å²) in [6, 6.07) is 14.5. The number of amides is 2. The predicted molar refractivity (Wildman–Crippen MR) is 112 cm³/mol. The van der Waals surface area contributed by atoms with E-state index < -0.39 is 0 Å². The molecule has 4 rings (SSSR count). The number of aliphatic imine (C=N–C) groups is 1. The third-order valence-electron chi connectivity index (χ3n) is 4.68. The summed E-state index contributed by atoms with van der Waals surface area (Å²) in [4.78, 5) is 19.7. The van der Waals surface area contributed by atoms with Crippen LogP contribution in [-0.4, -0.2) is 44.5 Å². The Kier molecular flexibility index (Phi) is 4.92. The van der Waals surface area contributed by atoms with Crippen molar-refractivity contribution in [3.8, 4) is 10.4 Å². The van der Waals surface area contributed by atoms with E-state index in [1.54, 1.807) is 30.4 Å². The Morgan fingerprint density at radius 3 is 2.96 bits per heavy atom. The minimum absolute atomic E-state index is 0.149. The van der Waals surface area contributed by atoms with Crippen molar-refractivity contribution in [3.63, 3.8) is 0 Å². The van der Waals surface area contributed by atoms with Gasteiger partial charge in [-0.05, 0) is 40.8 Å². The fourth-order valence-electron chi connectivity index (χ4n) is 3.18. The van der Waals surface area contributed by atoms with Crippen LogP contribution in [0.2, 0.25) is 0 Å². The molecule has 0 fully saturated rings. The van der Waals surface area contributed by atoms with Crippen LogP contribution in [0, 0.1) is 0 Å². The maximum Gasteiger partial charge on any atom is 0.321 e. The first-order valence-corrected chi connectivity index (χ1v) is 9.64. The Morgan fingerprint density at radius 1 is 1.30 bits per heavy atom. The molecule has 6 heteroatoms. The summed E-state index contributed by atoms with van der Waals surface area (Å²) < 4.78 is 6.30. The van der Waals surface area contributed by atoms with Crippen LogP contribution in [0.5, 0.6) is 0 Å². The van der Waals surface area contributed by atoms with E-state index in [4.69, 9.17) is 4.74 Å². The van der Waals surface area contributed by atoms with Crippen LogP contribution in [0.15, 0.2) is 47.5 Å². The highest BCUT2D eigenvalue weighted by atomic mass is 32.1. The molecule has 1 aliphatic heterocycles. The van der Waals surface area contributed by atoms with Gasteiger partial charge in [-0.15, -0.1) is 11.3 Å². The summed E-state index contributed by atoms with van der Waals surface area (Å²) in [5.74, 6) is 0. The summed E-state index contributed by atoms with van der Waals surface area (Å²) in [6.07, 6.45) is 1.89. The van der Waals surface area contributed by atoms with Crippen LogP contribution in [-0.2, 0) is 11.3 Å². The number of likely N-dealkylation sites (N-methyl/N-ethyl adjacent to an activating group) is 1. The topological polar surface area (TPSA) is 53.9 Å². The Hall–Kier alpha value is -2.70. The van der Waals surface area contributed by atoms with Gasteiger partial charge in [-0.1, -0.05) is 18.2 Å². The van der Waals surface area contributed by atoms with E-state index in [0.717, 1.165) is 16.8 Å². The molecule has 5 nitrogen and oxygen atoms in total. The number of ether oxygens (including phenoxy) is 1. The van der Waals surface area contributed by atoms with Crippen LogP contribution in [0.4, 0.5) is 10.5 Å². The van der Waals surface area contributed by atoms with Gasteiger partial charge in [0.15, 0.2) is 0 Å². The second-order valence-electron chi connectivity index (χ2n) is 6.55. The zero-order valence-electron chi connectivity index (χ0n) is 15.4. The van der Waals surface area contributed by atoms with Crippen molar-refractivity contribution < 1.29 is 9.53 Å². The van der Waals surface area contributed by atoms with Crippen molar-refractivity contribution in [2.24, 2.45) is 4.99 Å². The van der Waals surface area contributed by atoms with Gasteiger partial charge in [-0.2, -0.15) is 0 Å². The average molecular weight is 379 g/mol. The first-order chi connectivity index (χ1) is 13.2. The van der Waals surface area contributed by atoms with Crippen LogP contribution in [0.1, 0.15) is 11.1 Å². The van der Waals surface area contributed by atoms with Crippen LogP contribution < -0.4 is 5.32 Å². The molecule has 0 unspecified atom stereocenters. The second-order valence-corrected chi connectivity index (χ2v) is 7.64. The number of carbonyl (C=O) groups excluding carboxylic acids is 1. The van der Waals surface area contributed by atoms with E-state index in [2.05, 4.69) is 46.7 Å². The molecule has 2 aromatic carbocycles. The smallest absolute Gasteiger partial charge is 0.321 e. The van der Waals surface area contributed by atoms with Crippen LogP contribution >= 0.6 is 11.3 Å². The summed E-state index contributed by atoms with van der Waals surface area (Å²) >= 11 is 1.77. The molecule has 0 spiro atoms. The number of nitrogens with one attached hydrogen (secondary N) is 1. The van der Waals surface area contributed by atoms with Crippen molar-refractivity contribution in [1.29, 1.82) is 0 Å². The highest BCUT2D eigenvalue weighted by Gasteiger charge is 2.18. The zero-order valence-corrected chi connectivity index (χ0v) is 16.2. The molecular weight excluding hydrogens is 358 g/mol. The third kappa shape index (κ3) is 3.59. The van der Waals surface area contributed by atoms with E-state index in [1.165, 1.54) is 20.5 Å².